The second-order valence-corrected chi connectivity index (χ2v) is 8.71. The van der Waals surface area contributed by atoms with Gasteiger partial charge in [-0.1, -0.05) is 6.08 Å². The molecule has 1 aromatic rings. The standard InChI is InChI=1S/C21H30N4O4S/c1-3-13-11-12(9-10-23-13)17(18(22)26)24-21(28)25-19-16(20(27)29-4-2)14-7-5-6-8-15(14)30-19/h3,12,17,23H,4-11H2,1-2H3,(H2,22,26)(H2,24,25,28). The lowest BCUT2D eigenvalue weighted by molar-refractivity contribution is -0.121. The monoisotopic (exact) mass is 434 g/mol. The molecule has 1 fully saturated rings. The molecule has 164 valence electrons. The van der Waals surface area contributed by atoms with Crippen LogP contribution in [0.2, 0.25) is 0 Å². The number of aryl methyl sites for hydroxylation is 1. The first-order valence-electron chi connectivity index (χ1n) is 10.5. The number of anilines is 1. The van der Waals surface area contributed by atoms with Gasteiger partial charge in [0, 0.05) is 17.1 Å². The van der Waals surface area contributed by atoms with Gasteiger partial charge in [-0.05, 0) is 63.9 Å². The number of nitrogens with two attached hydrogens (primary N) is 1. The summed E-state index contributed by atoms with van der Waals surface area (Å²) in [6, 6.07) is -1.33. The number of piperidine rings is 1. The fraction of sp³-hybridized carbons (Fsp3) is 0.571. The molecule has 2 unspecified atom stereocenters. The molecule has 3 rings (SSSR count). The molecule has 1 aliphatic carbocycles. The highest BCUT2D eigenvalue weighted by Gasteiger charge is 2.32. The Kier molecular flexibility index (Phi) is 7.36. The zero-order valence-electron chi connectivity index (χ0n) is 17.5. The topological polar surface area (TPSA) is 123 Å². The zero-order valence-corrected chi connectivity index (χ0v) is 18.3. The van der Waals surface area contributed by atoms with Gasteiger partial charge >= 0.3 is 12.0 Å². The minimum atomic E-state index is -0.789. The van der Waals surface area contributed by atoms with E-state index in [1.165, 1.54) is 11.3 Å². The lowest BCUT2D eigenvalue weighted by atomic mass is 9.88. The number of allylic oxidation sites excluding steroid dienone is 2. The van der Waals surface area contributed by atoms with Crippen molar-refractivity contribution in [3.8, 4) is 0 Å². The summed E-state index contributed by atoms with van der Waals surface area (Å²) in [6.45, 7) is 4.68. The molecule has 2 heterocycles. The Morgan fingerprint density at radius 1 is 1.33 bits per heavy atom. The molecule has 1 aromatic heterocycles. The number of amides is 3. The maximum atomic E-state index is 12.8. The van der Waals surface area contributed by atoms with Gasteiger partial charge in [0.15, 0.2) is 0 Å². The van der Waals surface area contributed by atoms with E-state index in [9.17, 15) is 14.4 Å². The SMILES string of the molecule is CC=C1CC(C(NC(=O)Nc2sc3c(c2C(=O)OCC)CCCC3)C(N)=O)CCN1. The van der Waals surface area contributed by atoms with Crippen LogP contribution in [0.5, 0.6) is 0 Å². The number of hydrogen-bond acceptors (Lipinski definition) is 6. The second kappa shape index (κ2) is 9.97. The number of carbonyl (C=O) groups excluding carboxylic acids is 3. The lowest BCUT2D eigenvalue weighted by Crippen LogP contribution is -2.52. The molecule has 0 spiro atoms. The Hall–Kier alpha value is -2.55. The fourth-order valence-corrected chi connectivity index (χ4v) is 5.43. The van der Waals surface area contributed by atoms with Crippen molar-refractivity contribution < 1.29 is 19.1 Å². The van der Waals surface area contributed by atoms with Gasteiger partial charge in [0.2, 0.25) is 5.91 Å². The number of ether oxygens (including phenoxy) is 1. The van der Waals surface area contributed by atoms with Gasteiger partial charge in [0.05, 0.1) is 12.2 Å². The van der Waals surface area contributed by atoms with Crippen molar-refractivity contribution in [1.82, 2.24) is 10.6 Å². The molecule has 2 aliphatic rings. The normalized spacial score (nSPS) is 20.6. The van der Waals surface area contributed by atoms with E-state index in [0.29, 0.717) is 17.0 Å². The van der Waals surface area contributed by atoms with Crippen LogP contribution in [0.3, 0.4) is 0 Å². The van der Waals surface area contributed by atoms with Crippen LogP contribution in [0, 0.1) is 5.92 Å². The third kappa shape index (κ3) is 4.95. The molecule has 1 saturated heterocycles. The van der Waals surface area contributed by atoms with Gasteiger partial charge in [0.25, 0.3) is 0 Å². The first-order chi connectivity index (χ1) is 14.4. The Morgan fingerprint density at radius 3 is 2.80 bits per heavy atom. The number of nitrogens with one attached hydrogen (secondary N) is 3. The molecule has 0 saturated carbocycles. The summed E-state index contributed by atoms with van der Waals surface area (Å²) in [5, 5.41) is 9.27. The smallest absolute Gasteiger partial charge is 0.341 e. The molecule has 9 heteroatoms. The largest absolute Gasteiger partial charge is 0.462 e. The minimum Gasteiger partial charge on any atom is -0.462 e. The summed E-state index contributed by atoms with van der Waals surface area (Å²) in [6.07, 6.45) is 7.10. The summed E-state index contributed by atoms with van der Waals surface area (Å²) >= 11 is 1.41. The van der Waals surface area contributed by atoms with Crippen molar-refractivity contribution in [1.29, 1.82) is 0 Å². The Bertz CT molecular complexity index is 848. The lowest BCUT2D eigenvalue weighted by Gasteiger charge is -2.31. The van der Waals surface area contributed by atoms with Gasteiger partial charge in [-0.3, -0.25) is 10.1 Å². The highest BCUT2D eigenvalue weighted by atomic mass is 32.1. The molecule has 2 atom stereocenters. The summed E-state index contributed by atoms with van der Waals surface area (Å²) in [4.78, 5) is 38.5. The van der Waals surface area contributed by atoms with Crippen LogP contribution in [0.15, 0.2) is 11.8 Å². The quantitative estimate of drug-likeness (QED) is 0.513. The molecular formula is C21H30N4O4S. The van der Waals surface area contributed by atoms with Crippen molar-refractivity contribution in [2.24, 2.45) is 11.7 Å². The van der Waals surface area contributed by atoms with E-state index in [-0.39, 0.29) is 12.5 Å². The van der Waals surface area contributed by atoms with Crippen LogP contribution in [-0.2, 0) is 22.4 Å². The number of thiophene rings is 1. The molecular weight excluding hydrogens is 404 g/mol. The molecule has 0 bridgehead atoms. The average Bonchev–Trinajstić information content (AvgIpc) is 3.09. The average molecular weight is 435 g/mol. The summed E-state index contributed by atoms with van der Waals surface area (Å²) in [5.41, 5.74) is 8.06. The third-order valence-corrected chi connectivity index (χ3v) is 6.85. The maximum Gasteiger partial charge on any atom is 0.341 e. The molecule has 0 radical (unpaired) electrons. The Balaban J connectivity index is 1.77. The van der Waals surface area contributed by atoms with Crippen LogP contribution in [-0.4, -0.2) is 37.1 Å². The molecule has 3 amide bonds. The number of primary amides is 1. The number of esters is 1. The van der Waals surface area contributed by atoms with E-state index < -0.39 is 23.9 Å². The van der Waals surface area contributed by atoms with Crippen LogP contribution >= 0.6 is 11.3 Å². The van der Waals surface area contributed by atoms with Gasteiger partial charge in [0.1, 0.15) is 11.0 Å². The fourth-order valence-electron chi connectivity index (χ4n) is 4.15. The van der Waals surface area contributed by atoms with Crippen LogP contribution in [0.25, 0.3) is 0 Å². The van der Waals surface area contributed by atoms with Crippen molar-refractivity contribution in [3.05, 3.63) is 27.8 Å². The van der Waals surface area contributed by atoms with Crippen molar-refractivity contribution >= 4 is 34.2 Å². The van der Waals surface area contributed by atoms with Gasteiger partial charge in [-0.15, -0.1) is 11.3 Å². The van der Waals surface area contributed by atoms with E-state index in [0.717, 1.165) is 54.8 Å². The van der Waals surface area contributed by atoms with Gasteiger partial charge in [-0.2, -0.15) is 0 Å². The highest BCUT2D eigenvalue weighted by molar-refractivity contribution is 7.17. The van der Waals surface area contributed by atoms with Crippen molar-refractivity contribution in [2.75, 3.05) is 18.5 Å². The summed E-state index contributed by atoms with van der Waals surface area (Å²) in [5.74, 6) is -1.07. The first-order valence-corrected chi connectivity index (χ1v) is 11.3. The van der Waals surface area contributed by atoms with E-state index in [1.54, 1.807) is 6.92 Å². The van der Waals surface area contributed by atoms with Crippen molar-refractivity contribution in [2.45, 2.75) is 58.4 Å². The predicted molar refractivity (Wildman–Crippen MR) is 117 cm³/mol. The molecule has 1 aliphatic heterocycles. The van der Waals surface area contributed by atoms with Crippen molar-refractivity contribution in [3.63, 3.8) is 0 Å². The third-order valence-electron chi connectivity index (χ3n) is 5.64. The minimum absolute atomic E-state index is 0.0817. The van der Waals surface area contributed by atoms with E-state index in [4.69, 9.17) is 10.5 Å². The Morgan fingerprint density at radius 2 is 2.10 bits per heavy atom. The summed E-state index contributed by atoms with van der Waals surface area (Å²) < 4.78 is 5.22. The number of carbonyl (C=O) groups is 3. The van der Waals surface area contributed by atoms with Gasteiger partial charge < -0.3 is 21.1 Å². The van der Waals surface area contributed by atoms with Crippen LogP contribution in [0.1, 0.15) is 60.3 Å². The van der Waals surface area contributed by atoms with E-state index in [1.807, 2.05) is 13.0 Å². The van der Waals surface area contributed by atoms with E-state index >= 15 is 0 Å². The molecule has 30 heavy (non-hydrogen) atoms. The number of hydrogen-bond donors (Lipinski definition) is 4. The van der Waals surface area contributed by atoms with Crippen LogP contribution in [0.4, 0.5) is 9.80 Å². The second-order valence-electron chi connectivity index (χ2n) is 7.61. The van der Waals surface area contributed by atoms with Crippen LogP contribution < -0.4 is 21.7 Å². The molecule has 8 nitrogen and oxygen atoms in total. The number of urea groups is 1. The van der Waals surface area contributed by atoms with Gasteiger partial charge in [-0.25, -0.2) is 9.59 Å². The number of rotatable bonds is 6. The first kappa shape index (κ1) is 22.1. The molecule has 0 aromatic carbocycles. The predicted octanol–water partition coefficient (Wildman–Crippen LogP) is 2.68. The maximum absolute atomic E-state index is 12.8. The Labute approximate surface area is 180 Å². The summed E-state index contributed by atoms with van der Waals surface area (Å²) in [7, 11) is 0. The molecule has 5 N–H and O–H groups in total. The van der Waals surface area contributed by atoms with E-state index in [2.05, 4.69) is 16.0 Å². The number of fused-ring (bicyclic) bond motifs is 1. The highest BCUT2D eigenvalue weighted by Crippen LogP contribution is 2.38. The zero-order chi connectivity index (χ0) is 21.7.